The number of likely N-dealkylation sites (tertiary alicyclic amines) is 1. The molecule has 2 aliphatic rings. The summed E-state index contributed by atoms with van der Waals surface area (Å²) in [7, 11) is 1.72. The van der Waals surface area contributed by atoms with Crippen molar-refractivity contribution in [1.82, 2.24) is 10.2 Å². The Hall–Kier alpha value is -1.63. The van der Waals surface area contributed by atoms with Crippen molar-refractivity contribution < 1.29 is 14.3 Å². The molecule has 0 spiro atoms. The molecule has 1 aromatic rings. The van der Waals surface area contributed by atoms with Gasteiger partial charge in [0.1, 0.15) is 0 Å². The number of nitrogens with one attached hydrogen (secondary N) is 1. The Morgan fingerprint density at radius 2 is 1.96 bits per heavy atom. The minimum absolute atomic E-state index is 0.0117. The van der Waals surface area contributed by atoms with Gasteiger partial charge in [0.05, 0.1) is 30.9 Å². The Morgan fingerprint density at radius 3 is 2.64 bits per heavy atom. The first-order valence-electron chi connectivity index (χ1n) is 9.09. The molecule has 138 valence electrons. The lowest BCUT2D eigenvalue weighted by atomic mass is 10.1. The molecule has 2 atom stereocenters. The molecule has 0 radical (unpaired) electrons. The quantitative estimate of drug-likeness (QED) is 0.872. The fourth-order valence-electron chi connectivity index (χ4n) is 3.59. The highest BCUT2D eigenvalue weighted by atomic mass is 16.5. The van der Waals surface area contributed by atoms with Crippen LogP contribution in [0.15, 0.2) is 24.3 Å². The van der Waals surface area contributed by atoms with Crippen molar-refractivity contribution in [3.8, 4) is 0 Å². The van der Waals surface area contributed by atoms with E-state index in [1.54, 1.807) is 7.11 Å². The molecule has 0 bridgehead atoms. The lowest BCUT2D eigenvalue weighted by molar-refractivity contribution is 0.0753. The van der Waals surface area contributed by atoms with E-state index in [0.29, 0.717) is 19.3 Å². The van der Waals surface area contributed by atoms with Crippen LogP contribution in [0.3, 0.4) is 0 Å². The first-order chi connectivity index (χ1) is 12.1. The zero-order valence-electron chi connectivity index (χ0n) is 15.4. The molecule has 6 nitrogen and oxygen atoms in total. The zero-order valence-corrected chi connectivity index (χ0v) is 15.4. The topological polar surface area (TPSA) is 54.0 Å². The Kier molecular flexibility index (Phi) is 5.93. The van der Waals surface area contributed by atoms with E-state index < -0.39 is 0 Å². The standard InChI is InChI=1S/C19H29N3O3/c1-14(2)22-12-16(18(13-22)24-3)20-19(23)15-6-4-5-7-17(15)21-8-10-25-11-9-21/h4-7,14,16,18H,8-13H2,1-3H3,(H,20,23)/t16-,18-/m1/s1. The molecule has 1 N–H and O–H groups in total. The molecule has 1 amide bonds. The van der Waals surface area contributed by atoms with Gasteiger partial charge in [0, 0.05) is 45.0 Å². The lowest BCUT2D eigenvalue weighted by Gasteiger charge is -2.30. The highest BCUT2D eigenvalue weighted by molar-refractivity contribution is 6.00. The number of benzene rings is 1. The molecule has 6 heteroatoms. The summed E-state index contributed by atoms with van der Waals surface area (Å²) in [5.41, 5.74) is 1.71. The molecule has 25 heavy (non-hydrogen) atoms. The van der Waals surface area contributed by atoms with Crippen molar-refractivity contribution in [2.24, 2.45) is 0 Å². The number of morpholine rings is 1. The third-order valence-electron chi connectivity index (χ3n) is 5.14. The number of nitrogens with zero attached hydrogens (tertiary/aromatic N) is 2. The molecular formula is C19H29N3O3. The fraction of sp³-hybridized carbons (Fsp3) is 0.632. The van der Waals surface area contributed by atoms with E-state index in [-0.39, 0.29) is 18.1 Å². The van der Waals surface area contributed by atoms with Crippen LogP contribution in [0.1, 0.15) is 24.2 Å². The van der Waals surface area contributed by atoms with E-state index in [1.807, 2.05) is 24.3 Å². The number of rotatable bonds is 5. The van der Waals surface area contributed by atoms with Crippen LogP contribution < -0.4 is 10.2 Å². The highest BCUT2D eigenvalue weighted by Gasteiger charge is 2.35. The number of para-hydroxylation sites is 1. The molecule has 2 heterocycles. The number of amides is 1. The molecule has 2 fully saturated rings. The number of anilines is 1. The summed E-state index contributed by atoms with van der Waals surface area (Å²) in [6.07, 6.45) is 0.0295. The molecule has 0 saturated carbocycles. The van der Waals surface area contributed by atoms with Gasteiger partial charge in [-0.2, -0.15) is 0 Å². The van der Waals surface area contributed by atoms with Crippen LogP contribution in [0.4, 0.5) is 5.69 Å². The van der Waals surface area contributed by atoms with Crippen molar-refractivity contribution in [1.29, 1.82) is 0 Å². The summed E-state index contributed by atoms with van der Waals surface area (Å²) in [5.74, 6) is -0.0280. The van der Waals surface area contributed by atoms with Gasteiger partial charge in [0.15, 0.2) is 0 Å². The molecule has 2 aliphatic heterocycles. The summed E-state index contributed by atoms with van der Waals surface area (Å²) in [6.45, 7) is 9.05. The zero-order chi connectivity index (χ0) is 17.8. The molecular weight excluding hydrogens is 318 g/mol. The van der Waals surface area contributed by atoms with E-state index in [1.165, 1.54) is 0 Å². The Labute approximate surface area is 150 Å². The summed E-state index contributed by atoms with van der Waals surface area (Å²) >= 11 is 0. The SMILES string of the molecule is CO[C@@H]1CN(C(C)C)C[C@H]1NC(=O)c1ccccc1N1CCOCC1. The molecule has 0 aromatic heterocycles. The van der Waals surface area contributed by atoms with Gasteiger partial charge in [-0.1, -0.05) is 12.1 Å². The second kappa shape index (κ2) is 8.17. The predicted octanol–water partition coefficient (Wildman–Crippen LogP) is 1.36. The summed E-state index contributed by atoms with van der Waals surface area (Å²) in [5, 5.41) is 3.20. The van der Waals surface area contributed by atoms with Gasteiger partial charge in [0.25, 0.3) is 5.91 Å². The average molecular weight is 347 g/mol. The van der Waals surface area contributed by atoms with Crippen LogP contribution in [0.25, 0.3) is 0 Å². The van der Waals surface area contributed by atoms with Crippen LogP contribution in [0.5, 0.6) is 0 Å². The van der Waals surface area contributed by atoms with Crippen LogP contribution in [0, 0.1) is 0 Å². The van der Waals surface area contributed by atoms with Gasteiger partial charge in [0.2, 0.25) is 0 Å². The number of ether oxygens (including phenoxy) is 2. The third kappa shape index (κ3) is 4.14. The maximum absolute atomic E-state index is 13.0. The van der Waals surface area contributed by atoms with Crippen LogP contribution in [-0.2, 0) is 9.47 Å². The number of methoxy groups -OCH3 is 1. The van der Waals surface area contributed by atoms with E-state index in [4.69, 9.17) is 9.47 Å². The Balaban J connectivity index is 1.73. The van der Waals surface area contributed by atoms with Crippen LogP contribution in [0.2, 0.25) is 0 Å². The maximum Gasteiger partial charge on any atom is 0.253 e. The minimum atomic E-state index is -0.0280. The molecule has 1 aromatic carbocycles. The average Bonchev–Trinajstić information content (AvgIpc) is 3.05. The van der Waals surface area contributed by atoms with Crippen LogP contribution in [-0.4, -0.2) is 75.5 Å². The lowest BCUT2D eigenvalue weighted by Crippen LogP contribution is -2.44. The minimum Gasteiger partial charge on any atom is -0.378 e. The van der Waals surface area contributed by atoms with E-state index >= 15 is 0 Å². The van der Waals surface area contributed by atoms with Crippen molar-refractivity contribution in [3.05, 3.63) is 29.8 Å². The molecule has 0 aliphatic carbocycles. The van der Waals surface area contributed by atoms with E-state index in [2.05, 4.69) is 29.0 Å². The molecule has 0 unspecified atom stereocenters. The van der Waals surface area contributed by atoms with Crippen molar-refractivity contribution in [2.45, 2.75) is 32.0 Å². The Morgan fingerprint density at radius 1 is 1.24 bits per heavy atom. The van der Waals surface area contributed by atoms with Gasteiger partial charge in [-0.15, -0.1) is 0 Å². The van der Waals surface area contributed by atoms with Gasteiger partial charge in [-0.05, 0) is 26.0 Å². The predicted molar refractivity (Wildman–Crippen MR) is 98.2 cm³/mol. The van der Waals surface area contributed by atoms with Crippen LogP contribution >= 0.6 is 0 Å². The van der Waals surface area contributed by atoms with Gasteiger partial charge >= 0.3 is 0 Å². The van der Waals surface area contributed by atoms with Crippen molar-refractivity contribution in [3.63, 3.8) is 0 Å². The van der Waals surface area contributed by atoms with Gasteiger partial charge in [-0.25, -0.2) is 0 Å². The summed E-state index contributed by atoms with van der Waals surface area (Å²) < 4.78 is 11.0. The van der Waals surface area contributed by atoms with Gasteiger partial charge < -0.3 is 19.7 Å². The van der Waals surface area contributed by atoms with Gasteiger partial charge in [-0.3, -0.25) is 9.69 Å². The maximum atomic E-state index is 13.0. The monoisotopic (exact) mass is 347 g/mol. The smallest absolute Gasteiger partial charge is 0.253 e. The van der Waals surface area contributed by atoms with Crippen molar-refractivity contribution in [2.75, 3.05) is 51.4 Å². The largest absolute Gasteiger partial charge is 0.378 e. The third-order valence-corrected chi connectivity index (χ3v) is 5.14. The molecule has 2 saturated heterocycles. The first kappa shape index (κ1) is 18.2. The second-order valence-corrected chi connectivity index (χ2v) is 7.02. The molecule has 3 rings (SSSR count). The van der Waals surface area contributed by atoms with Crippen molar-refractivity contribution >= 4 is 11.6 Å². The van der Waals surface area contributed by atoms with E-state index in [0.717, 1.165) is 37.4 Å². The number of carbonyl (C=O) groups is 1. The Bertz CT molecular complexity index is 587. The number of carbonyl (C=O) groups excluding carboxylic acids is 1. The van der Waals surface area contributed by atoms with E-state index in [9.17, 15) is 4.79 Å². The normalized spacial score (nSPS) is 24.7. The summed E-state index contributed by atoms with van der Waals surface area (Å²) in [4.78, 5) is 17.5. The summed E-state index contributed by atoms with van der Waals surface area (Å²) in [6, 6.07) is 8.27. The highest BCUT2D eigenvalue weighted by Crippen LogP contribution is 2.23. The first-order valence-corrected chi connectivity index (χ1v) is 9.09. The number of hydrogen-bond donors (Lipinski definition) is 1. The second-order valence-electron chi connectivity index (χ2n) is 7.02. The fourth-order valence-corrected chi connectivity index (χ4v) is 3.59. The number of hydrogen-bond acceptors (Lipinski definition) is 5.